The van der Waals surface area contributed by atoms with Gasteiger partial charge in [0.25, 0.3) is 0 Å². The molecule has 19 heavy (non-hydrogen) atoms. The number of nitro benzene ring substituents is 1. The van der Waals surface area contributed by atoms with Crippen LogP contribution in [0.5, 0.6) is 0 Å². The average molecular weight is 272 g/mol. The number of hydrogen-bond acceptors (Lipinski definition) is 4. The molecule has 7 heteroatoms. The molecule has 0 saturated carbocycles. The van der Waals surface area contributed by atoms with Gasteiger partial charge < -0.3 is 10.1 Å². The summed E-state index contributed by atoms with van der Waals surface area (Å²) in [5.74, 6) is -1.95. The zero-order valence-corrected chi connectivity index (χ0v) is 10.2. The Hall–Kier alpha value is -1.60. The van der Waals surface area contributed by atoms with Crippen molar-refractivity contribution in [3.8, 4) is 0 Å². The van der Waals surface area contributed by atoms with Crippen LogP contribution in [0.2, 0.25) is 0 Å². The van der Waals surface area contributed by atoms with Crippen molar-refractivity contribution in [1.29, 1.82) is 0 Å². The van der Waals surface area contributed by atoms with Gasteiger partial charge >= 0.3 is 5.69 Å². The Morgan fingerprint density at radius 2 is 2.21 bits per heavy atom. The average Bonchev–Trinajstić information content (AvgIpc) is 2.84. The molecule has 1 aromatic carbocycles. The Bertz CT molecular complexity index is 476. The van der Waals surface area contributed by atoms with E-state index in [9.17, 15) is 18.9 Å². The highest BCUT2D eigenvalue weighted by atomic mass is 19.1. The maximum absolute atomic E-state index is 13.5. The summed E-state index contributed by atoms with van der Waals surface area (Å²) in [5, 5.41) is 13.5. The number of benzene rings is 1. The Morgan fingerprint density at radius 3 is 2.84 bits per heavy atom. The van der Waals surface area contributed by atoms with Crippen molar-refractivity contribution in [3.05, 3.63) is 39.4 Å². The molecule has 1 aromatic rings. The van der Waals surface area contributed by atoms with Crippen molar-refractivity contribution in [1.82, 2.24) is 5.32 Å². The third kappa shape index (κ3) is 3.45. The van der Waals surface area contributed by atoms with Crippen molar-refractivity contribution in [2.45, 2.75) is 25.5 Å². The fraction of sp³-hybridized carbons (Fsp3) is 0.500. The molecular formula is C12H14F2N2O3. The summed E-state index contributed by atoms with van der Waals surface area (Å²) < 4.78 is 32.0. The van der Waals surface area contributed by atoms with Crippen molar-refractivity contribution in [2.24, 2.45) is 0 Å². The zero-order valence-electron chi connectivity index (χ0n) is 10.2. The fourth-order valence-electron chi connectivity index (χ4n) is 2.03. The SMILES string of the molecule is O=[N+]([O-])c1cc(CNCC2CCCO2)c(F)cc1F. The van der Waals surface area contributed by atoms with E-state index in [1.54, 1.807) is 0 Å². The van der Waals surface area contributed by atoms with Crippen LogP contribution >= 0.6 is 0 Å². The van der Waals surface area contributed by atoms with Gasteiger partial charge in [-0.15, -0.1) is 0 Å². The molecule has 0 aliphatic carbocycles. The molecule has 1 N–H and O–H groups in total. The molecule has 0 amide bonds. The van der Waals surface area contributed by atoms with Crippen LogP contribution in [0, 0.1) is 21.7 Å². The number of nitrogens with zero attached hydrogens (tertiary/aromatic N) is 1. The van der Waals surface area contributed by atoms with Crippen LogP contribution in [0.25, 0.3) is 0 Å². The first-order valence-corrected chi connectivity index (χ1v) is 6.02. The number of halogens is 2. The van der Waals surface area contributed by atoms with Crippen LogP contribution in [0.4, 0.5) is 14.5 Å². The van der Waals surface area contributed by atoms with Crippen molar-refractivity contribution >= 4 is 5.69 Å². The van der Waals surface area contributed by atoms with E-state index in [0.717, 1.165) is 25.5 Å². The highest BCUT2D eigenvalue weighted by Crippen LogP contribution is 2.21. The fourth-order valence-corrected chi connectivity index (χ4v) is 2.03. The number of nitro groups is 1. The minimum Gasteiger partial charge on any atom is -0.377 e. The van der Waals surface area contributed by atoms with Crippen molar-refractivity contribution < 1.29 is 18.4 Å². The Balaban J connectivity index is 1.98. The van der Waals surface area contributed by atoms with Gasteiger partial charge in [-0.25, -0.2) is 4.39 Å². The lowest BCUT2D eigenvalue weighted by Gasteiger charge is -2.11. The lowest BCUT2D eigenvalue weighted by atomic mass is 10.1. The molecule has 0 bridgehead atoms. The second kappa shape index (κ2) is 6.03. The quantitative estimate of drug-likeness (QED) is 0.659. The minimum absolute atomic E-state index is 0.0751. The number of hydrogen-bond donors (Lipinski definition) is 1. The predicted octanol–water partition coefficient (Wildman–Crippen LogP) is 2.14. The van der Waals surface area contributed by atoms with Crippen LogP contribution in [0.15, 0.2) is 12.1 Å². The van der Waals surface area contributed by atoms with Gasteiger partial charge in [-0.05, 0) is 12.8 Å². The Kier molecular flexibility index (Phi) is 4.39. The van der Waals surface area contributed by atoms with Gasteiger partial charge in [0, 0.05) is 37.4 Å². The molecule has 1 heterocycles. The third-order valence-electron chi connectivity index (χ3n) is 3.02. The maximum Gasteiger partial charge on any atom is 0.305 e. The molecule has 1 aliphatic rings. The van der Waals surface area contributed by atoms with E-state index < -0.39 is 22.2 Å². The summed E-state index contributed by atoms with van der Waals surface area (Å²) in [6, 6.07) is 1.47. The van der Waals surface area contributed by atoms with Gasteiger partial charge in [-0.2, -0.15) is 4.39 Å². The molecule has 2 rings (SSSR count). The topological polar surface area (TPSA) is 64.4 Å². The molecule has 0 spiro atoms. The standard InChI is InChI=1S/C12H14F2N2O3/c13-10-5-11(14)12(16(17)18)4-8(10)6-15-7-9-2-1-3-19-9/h4-5,9,15H,1-3,6-7H2. The monoisotopic (exact) mass is 272 g/mol. The number of ether oxygens (including phenoxy) is 1. The van der Waals surface area contributed by atoms with E-state index in [0.29, 0.717) is 12.6 Å². The predicted molar refractivity (Wildman–Crippen MR) is 63.7 cm³/mol. The Labute approximate surface area is 108 Å². The van der Waals surface area contributed by atoms with Crippen LogP contribution in [-0.4, -0.2) is 24.2 Å². The summed E-state index contributed by atoms with van der Waals surface area (Å²) in [4.78, 5) is 9.71. The summed E-state index contributed by atoms with van der Waals surface area (Å²) >= 11 is 0. The molecule has 1 aliphatic heterocycles. The molecule has 1 unspecified atom stereocenters. The normalized spacial score (nSPS) is 18.7. The minimum atomic E-state index is -1.16. The van der Waals surface area contributed by atoms with Crippen LogP contribution in [-0.2, 0) is 11.3 Å². The van der Waals surface area contributed by atoms with Gasteiger partial charge in [-0.1, -0.05) is 0 Å². The van der Waals surface area contributed by atoms with Gasteiger partial charge in [0.05, 0.1) is 11.0 Å². The largest absolute Gasteiger partial charge is 0.377 e. The molecule has 0 aromatic heterocycles. The van der Waals surface area contributed by atoms with E-state index in [4.69, 9.17) is 4.74 Å². The molecule has 5 nitrogen and oxygen atoms in total. The molecule has 1 saturated heterocycles. The molecule has 1 atom stereocenters. The van der Waals surface area contributed by atoms with Gasteiger partial charge in [0.2, 0.25) is 5.82 Å². The van der Waals surface area contributed by atoms with E-state index in [2.05, 4.69) is 5.32 Å². The Morgan fingerprint density at radius 1 is 1.42 bits per heavy atom. The van der Waals surface area contributed by atoms with Gasteiger partial charge in [0.15, 0.2) is 0 Å². The molecular weight excluding hydrogens is 258 g/mol. The molecule has 0 radical (unpaired) electrons. The van der Waals surface area contributed by atoms with E-state index in [-0.39, 0.29) is 18.2 Å². The maximum atomic E-state index is 13.5. The summed E-state index contributed by atoms with van der Waals surface area (Å²) in [5.41, 5.74) is -0.638. The first kappa shape index (κ1) is 13.8. The van der Waals surface area contributed by atoms with Gasteiger partial charge in [-0.3, -0.25) is 10.1 Å². The van der Waals surface area contributed by atoms with E-state index in [1.165, 1.54) is 0 Å². The lowest BCUT2D eigenvalue weighted by molar-refractivity contribution is -0.387. The van der Waals surface area contributed by atoms with E-state index >= 15 is 0 Å². The van der Waals surface area contributed by atoms with Crippen LogP contribution in [0.1, 0.15) is 18.4 Å². The lowest BCUT2D eigenvalue weighted by Crippen LogP contribution is -2.26. The van der Waals surface area contributed by atoms with Crippen molar-refractivity contribution in [3.63, 3.8) is 0 Å². The highest BCUT2D eigenvalue weighted by Gasteiger charge is 2.19. The third-order valence-corrected chi connectivity index (χ3v) is 3.02. The van der Waals surface area contributed by atoms with Crippen LogP contribution < -0.4 is 5.32 Å². The van der Waals surface area contributed by atoms with E-state index in [1.807, 2.05) is 0 Å². The first-order chi connectivity index (χ1) is 9.08. The summed E-state index contributed by atoms with van der Waals surface area (Å²) in [6.07, 6.45) is 2.04. The van der Waals surface area contributed by atoms with Gasteiger partial charge in [0.1, 0.15) is 5.82 Å². The molecule has 1 fully saturated rings. The second-order valence-electron chi connectivity index (χ2n) is 4.42. The molecule has 104 valence electrons. The van der Waals surface area contributed by atoms with Crippen LogP contribution in [0.3, 0.4) is 0 Å². The second-order valence-corrected chi connectivity index (χ2v) is 4.42. The number of nitrogens with one attached hydrogen (secondary N) is 1. The smallest absolute Gasteiger partial charge is 0.305 e. The number of rotatable bonds is 5. The highest BCUT2D eigenvalue weighted by molar-refractivity contribution is 5.37. The zero-order chi connectivity index (χ0) is 13.8. The first-order valence-electron chi connectivity index (χ1n) is 6.02. The van der Waals surface area contributed by atoms with Crippen molar-refractivity contribution in [2.75, 3.05) is 13.2 Å². The summed E-state index contributed by atoms with van der Waals surface area (Å²) in [6.45, 7) is 1.38. The summed E-state index contributed by atoms with van der Waals surface area (Å²) in [7, 11) is 0.